The molecule has 0 fully saturated rings. The van der Waals surface area contributed by atoms with Gasteiger partial charge in [-0.15, -0.1) is 0 Å². The number of rotatable bonds is 4. The van der Waals surface area contributed by atoms with Gasteiger partial charge in [0.15, 0.2) is 0 Å². The Hall–Kier alpha value is -2.07. The highest BCUT2D eigenvalue weighted by atomic mass is 19.1. The number of anilines is 1. The van der Waals surface area contributed by atoms with Crippen molar-refractivity contribution < 1.29 is 14.2 Å². The second-order valence-electron chi connectivity index (χ2n) is 4.81. The maximum Gasteiger partial charge on any atom is 0.123 e. The smallest absolute Gasteiger partial charge is 0.123 e. The molecule has 2 rings (SSSR count). The molecule has 0 aliphatic carbocycles. The summed E-state index contributed by atoms with van der Waals surface area (Å²) in [5.41, 5.74) is 8.50. The second-order valence-corrected chi connectivity index (χ2v) is 4.81. The van der Waals surface area contributed by atoms with Gasteiger partial charge in [-0.3, -0.25) is 0 Å². The van der Waals surface area contributed by atoms with E-state index < -0.39 is 11.9 Å². The first-order valence-corrected chi connectivity index (χ1v) is 6.37. The molecular formula is C16H18FNO2. The molecule has 1 atom stereocenters. The van der Waals surface area contributed by atoms with E-state index >= 15 is 0 Å². The highest BCUT2D eigenvalue weighted by Gasteiger charge is 2.15. The van der Waals surface area contributed by atoms with Crippen molar-refractivity contribution in [2.75, 3.05) is 12.8 Å². The first kappa shape index (κ1) is 14.3. The Bertz CT molecular complexity index is 613. The van der Waals surface area contributed by atoms with Crippen LogP contribution in [0.5, 0.6) is 5.75 Å². The van der Waals surface area contributed by atoms with Crippen molar-refractivity contribution in [1.82, 2.24) is 0 Å². The predicted molar refractivity (Wildman–Crippen MR) is 77.2 cm³/mol. The van der Waals surface area contributed by atoms with E-state index in [0.29, 0.717) is 23.4 Å². The van der Waals surface area contributed by atoms with Crippen LogP contribution in [0.1, 0.15) is 22.8 Å². The quantitative estimate of drug-likeness (QED) is 0.843. The van der Waals surface area contributed by atoms with Gasteiger partial charge in [0.2, 0.25) is 0 Å². The number of hydrogen-bond donors (Lipinski definition) is 2. The molecule has 0 amide bonds. The molecule has 0 radical (unpaired) electrons. The molecule has 0 saturated carbocycles. The monoisotopic (exact) mass is 275 g/mol. The van der Waals surface area contributed by atoms with Gasteiger partial charge < -0.3 is 15.6 Å². The summed E-state index contributed by atoms with van der Waals surface area (Å²) in [5, 5.41) is 10.3. The van der Waals surface area contributed by atoms with Crippen LogP contribution in [0.15, 0.2) is 36.4 Å². The third-order valence-corrected chi connectivity index (χ3v) is 3.26. The van der Waals surface area contributed by atoms with Crippen LogP contribution < -0.4 is 10.5 Å². The average Bonchev–Trinajstić information content (AvgIpc) is 2.41. The average molecular weight is 275 g/mol. The van der Waals surface area contributed by atoms with Gasteiger partial charge in [-0.25, -0.2) is 4.39 Å². The largest absolute Gasteiger partial charge is 0.496 e. The third kappa shape index (κ3) is 3.08. The van der Waals surface area contributed by atoms with Crippen LogP contribution in [0.3, 0.4) is 0 Å². The minimum atomic E-state index is -0.874. The number of aliphatic hydroxyl groups is 1. The predicted octanol–water partition coefficient (Wildman–Crippen LogP) is 3.00. The van der Waals surface area contributed by atoms with Crippen molar-refractivity contribution in [2.24, 2.45) is 0 Å². The number of benzene rings is 2. The number of aryl methyl sites for hydroxylation is 1. The van der Waals surface area contributed by atoms with Crippen molar-refractivity contribution in [1.29, 1.82) is 0 Å². The Morgan fingerprint density at radius 2 is 2.00 bits per heavy atom. The summed E-state index contributed by atoms with van der Waals surface area (Å²) in [6.07, 6.45) is -0.556. The molecule has 0 aliphatic heterocycles. The van der Waals surface area contributed by atoms with Crippen LogP contribution in [0.4, 0.5) is 10.1 Å². The van der Waals surface area contributed by atoms with Crippen LogP contribution in [-0.4, -0.2) is 12.2 Å². The van der Waals surface area contributed by atoms with E-state index in [1.807, 2.05) is 25.1 Å². The Labute approximate surface area is 117 Å². The van der Waals surface area contributed by atoms with Crippen molar-refractivity contribution in [3.63, 3.8) is 0 Å². The number of halogens is 1. The summed E-state index contributed by atoms with van der Waals surface area (Å²) in [4.78, 5) is 0. The molecule has 0 spiro atoms. The Balaban J connectivity index is 2.29. The highest BCUT2D eigenvalue weighted by Crippen LogP contribution is 2.29. The minimum Gasteiger partial charge on any atom is -0.496 e. The van der Waals surface area contributed by atoms with Crippen LogP contribution in [-0.2, 0) is 6.42 Å². The van der Waals surface area contributed by atoms with E-state index in [2.05, 4.69) is 0 Å². The van der Waals surface area contributed by atoms with Gasteiger partial charge in [-0.2, -0.15) is 0 Å². The highest BCUT2D eigenvalue weighted by molar-refractivity contribution is 5.49. The number of nitrogen functional groups attached to an aromatic ring is 1. The number of aliphatic hydroxyl groups excluding tert-OH is 1. The normalized spacial score (nSPS) is 12.2. The van der Waals surface area contributed by atoms with Gasteiger partial charge in [0.25, 0.3) is 0 Å². The molecule has 106 valence electrons. The van der Waals surface area contributed by atoms with Gasteiger partial charge in [0.05, 0.1) is 13.2 Å². The fourth-order valence-electron chi connectivity index (χ4n) is 2.22. The molecule has 2 aromatic rings. The molecule has 4 heteroatoms. The molecule has 2 aromatic carbocycles. The molecule has 20 heavy (non-hydrogen) atoms. The van der Waals surface area contributed by atoms with E-state index in [0.717, 1.165) is 11.1 Å². The number of hydrogen-bond acceptors (Lipinski definition) is 3. The topological polar surface area (TPSA) is 55.5 Å². The third-order valence-electron chi connectivity index (χ3n) is 3.26. The minimum absolute atomic E-state index is 0.318. The van der Waals surface area contributed by atoms with Crippen LogP contribution in [0.25, 0.3) is 0 Å². The molecule has 1 unspecified atom stereocenters. The first-order chi connectivity index (χ1) is 9.51. The number of ether oxygens (including phenoxy) is 1. The lowest BCUT2D eigenvalue weighted by Crippen LogP contribution is -2.07. The lowest BCUT2D eigenvalue weighted by Gasteiger charge is -2.16. The molecule has 0 bridgehead atoms. The zero-order valence-corrected chi connectivity index (χ0v) is 11.6. The van der Waals surface area contributed by atoms with Crippen LogP contribution in [0.2, 0.25) is 0 Å². The van der Waals surface area contributed by atoms with Crippen LogP contribution in [0, 0.1) is 12.7 Å². The number of nitrogens with two attached hydrogens (primary N) is 1. The fourth-order valence-corrected chi connectivity index (χ4v) is 2.22. The maximum atomic E-state index is 13.3. The molecular weight excluding hydrogens is 257 g/mol. The van der Waals surface area contributed by atoms with E-state index in [1.165, 1.54) is 18.2 Å². The van der Waals surface area contributed by atoms with Crippen molar-refractivity contribution >= 4 is 5.69 Å². The molecule has 3 nitrogen and oxygen atoms in total. The van der Waals surface area contributed by atoms with Crippen molar-refractivity contribution in [2.45, 2.75) is 19.4 Å². The van der Waals surface area contributed by atoms with E-state index in [-0.39, 0.29) is 0 Å². The molecule has 0 saturated heterocycles. The van der Waals surface area contributed by atoms with Crippen molar-refractivity contribution in [3.05, 3.63) is 58.9 Å². The van der Waals surface area contributed by atoms with Gasteiger partial charge in [-0.1, -0.05) is 17.7 Å². The lowest BCUT2D eigenvalue weighted by atomic mass is 9.98. The van der Waals surface area contributed by atoms with E-state index in [9.17, 15) is 9.50 Å². The van der Waals surface area contributed by atoms with E-state index in [4.69, 9.17) is 10.5 Å². The van der Waals surface area contributed by atoms with Gasteiger partial charge in [-0.05, 0) is 36.8 Å². The molecule has 0 aliphatic rings. The van der Waals surface area contributed by atoms with Gasteiger partial charge in [0, 0.05) is 17.7 Å². The standard InChI is InChI=1S/C16H18FNO2/c1-10-3-6-16(20-2)11(7-10)8-15(19)13-9-12(17)4-5-14(13)18/h3-7,9,15,19H,8,18H2,1-2H3. The SMILES string of the molecule is COc1ccc(C)cc1CC(O)c1cc(F)ccc1N. The van der Waals surface area contributed by atoms with Gasteiger partial charge >= 0.3 is 0 Å². The zero-order chi connectivity index (χ0) is 14.7. The zero-order valence-electron chi connectivity index (χ0n) is 11.6. The van der Waals surface area contributed by atoms with Gasteiger partial charge in [0.1, 0.15) is 11.6 Å². The summed E-state index contributed by atoms with van der Waals surface area (Å²) < 4.78 is 18.5. The molecule has 3 N–H and O–H groups in total. The Morgan fingerprint density at radius 3 is 2.70 bits per heavy atom. The number of methoxy groups -OCH3 is 1. The molecule has 0 heterocycles. The Kier molecular flexibility index (Phi) is 4.25. The summed E-state index contributed by atoms with van der Waals surface area (Å²) in [7, 11) is 1.58. The lowest BCUT2D eigenvalue weighted by molar-refractivity contribution is 0.177. The van der Waals surface area contributed by atoms with Crippen molar-refractivity contribution in [3.8, 4) is 5.75 Å². The van der Waals surface area contributed by atoms with E-state index in [1.54, 1.807) is 7.11 Å². The fraction of sp³-hybridized carbons (Fsp3) is 0.250. The second kappa shape index (κ2) is 5.92. The van der Waals surface area contributed by atoms with Crippen LogP contribution >= 0.6 is 0 Å². The summed E-state index contributed by atoms with van der Waals surface area (Å²) >= 11 is 0. The summed E-state index contributed by atoms with van der Waals surface area (Å²) in [6, 6.07) is 9.73. The molecule has 0 aromatic heterocycles. The summed E-state index contributed by atoms with van der Waals surface area (Å²) in [5.74, 6) is 0.286. The Morgan fingerprint density at radius 1 is 1.25 bits per heavy atom. The first-order valence-electron chi connectivity index (χ1n) is 6.37. The summed E-state index contributed by atoms with van der Waals surface area (Å²) in [6.45, 7) is 1.96. The maximum absolute atomic E-state index is 13.3.